The minimum atomic E-state index is -0.244. The minimum Gasteiger partial charge on any atom is -0.334 e. The summed E-state index contributed by atoms with van der Waals surface area (Å²) in [6.45, 7) is 3.06. The number of amides is 1. The highest BCUT2D eigenvalue weighted by Gasteiger charge is 2.11. The highest BCUT2D eigenvalue weighted by Crippen LogP contribution is 2.21. The SMILES string of the molecule is Cc1ccccc1-c1nc(CNCc2cccc(NC(=O)c3ccccc3Cl)c2)no1. The summed E-state index contributed by atoms with van der Waals surface area (Å²) < 4.78 is 5.39. The zero-order valence-electron chi connectivity index (χ0n) is 16.9. The molecular formula is C24H21ClN4O2. The van der Waals surface area contributed by atoms with Crippen LogP contribution in [0.15, 0.2) is 77.3 Å². The molecule has 6 nitrogen and oxygen atoms in total. The molecule has 0 fully saturated rings. The number of aryl methyl sites for hydroxylation is 1. The molecule has 1 aromatic heterocycles. The van der Waals surface area contributed by atoms with Crippen molar-refractivity contribution >= 4 is 23.2 Å². The number of aromatic nitrogens is 2. The van der Waals surface area contributed by atoms with E-state index in [4.69, 9.17) is 16.1 Å². The summed E-state index contributed by atoms with van der Waals surface area (Å²) in [6, 6.07) is 22.5. The molecular weight excluding hydrogens is 412 g/mol. The number of carbonyl (C=O) groups excluding carboxylic acids is 1. The lowest BCUT2D eigenvalue weighted by Gasteiger charge is -2.09. The van der Waals surface area contributed by atoms with E-state index in [0.29, 0.717) is 41.1 Å². The van der Waals surface area contributed by atoms with Crippen molar-refractivity contribution in [2.75, 3.05) is 5.32 Å². The van der Waals surface area contributed by atoms with Crippen LogP contribution in [0.5, 0.6) is 0 Å². The fraction of sp³-hybridized carbons (Fsp3) is 0.125. The molecule has 0 atom stereocenters. The summed E-state index contributed by atoms with van der Waals surface area (Å²) >= 11 is 6.10. The molecule has 0 radical (unpaired) electrons. The Bertz CT molecular complexity index is 1210. The lowest BCUT2D eigenvalue weighted by Crippen LogP contribution is -2.15. The first-order valence-electron chi connectivity index (χ1n) is 9.84. The molecule has 156 valence electrons. The number of rotatable bonds is 7. The van der Waals surface area contributed by atoms with Crippen LogP contribution in [0, 0.1) is 6.92 Å². The van der Waals surface area contributed by atoms with Gasteiger partial charge < -0.3 is 15.2 Å². The Balaban J connectivity index is 1.34. The summed E-state index contributed by atoms with van der Waals surface area (Å²) in [6.07, 6.45) is 0. The quantitative estimate of drug-likeness (QED) is 0.417. The molecule has 31 heavy (non-hydrogen) atoms. The van der Waals surface area contributed by atoms with Gasteiger partial charge in [-0.2, -0.15) is 4.98 Å². The molecule has 0 unspecified atom stereocenters. The molecule has 0 saturated heterocycles. The number of carbonyl (C=O) groups is 1. The summed E-state index contributed by atoms with van der Waals surface area (Å²) in [4.78, 5) is 16.9. The molecule has 4 rings (SSSR count). The fourth-order valence-corrected chi connectivity index (χ4v) is 3.39. The molecule has 3 aromatic carbocycles. The van der Waals surface area contributed by atoms with Gasteiger partial charge in [-0.15, -0.1) is 0 Å². The second kappa shape index (κ2) is 9.55. The van der Waals surface area contributed by atoms with Crippen LogP contribution >= 0.6 is 11.6 Å². The van der Waals surface area contributed by atoms with Gasteiger partial charge in [0.25, 0.3) is 11.8 Å². The number of nitrogens with one attached hydrogen (secondary N) is 2. The maximum Gasteiger partial charge on any atom is 0.258 e. The van der Waals surface area contributed by atoms with E-state index in [1.165, 1.54) is 0 Å². The fourth-order valence-electron chi connectivity index (χ4n) is 3.17. The predicted molar refractivity (Wildman–Crippen MR) is 121 cm³/mol. The van der Waals surface area contributed by atoms with Crippen molar-refractivity contribution in [2.24, 2.45) is 0 Å². The van der Waals surface area contributed by atoms with Gasteiger partial charge in [-0.3, -0.25) is 4.79 Å². The molecule has 0 saturated carbocycles. The summed E-state index contributed by atoms with van der Waals surface area (Å²) in [5, 5.41) is 10.6. The molecule has 0 bridgehead atoms. The van der Waals surface area contributed by atoms with E-state index in [1.54, 1.807) is 24.3 Å². The van der Waals surface area contributed by atoms with Crippen molar-refractivity contribution < 1.29 is 9.32 Å². The van der Waals surface area contributed by atoms with E-state index in [-0.39, 0.29) is 5.91 Å². The summed E-state index contributed by atoms with van der Waals surface area (Å²) in [7, 11) is 0. The normalized spacial score (nSPS) is 10.8. The van der Waals surface area contributed by atoms with Gasteiger partial charge in [-0.05, 0) is 48.4 Å². The molecule has 1 heterocycles. The Kier molecular flexibility index (Phi) is 6.40. The molecule has 4 aromatic rings. The largest absolute Gasteiger partial charge is 0.334 e. The van der Waals surface area contributed by atoms with Crippen LogP contribution in [0.25, 0.3) is 11.5 Å². The Morgan fingerprint density at radius 2 is 1.81 bits per heavy atom. The molecule has 7 heteroatoms. The first kappa shape index (κ1) is 20.8. The third-order valence-electron chi connectivity index (χ3n) is 4.76. The monoisotopic (exact) mass is 432 g/mol. The molecule has 0 aliphatic heterocycles. The van der Waals surface area contributed by atoms with Gasteiger partial charge in [0, 0.05) is 17.8 Å². The lowest BCUT2D eigenvalue weighted by atomic mass is 10.1. The number of hydrogen-bond acceptors (Lipinski definition) is 5. The molecule has 0 spiro atoms. The third-order valence-corrected chi connectivity index (χ3v) is 5.09. The van der Waals surface area contributed by atoms with Crippen LogP contribution in [0.4, 0.5) is 5.69 Å². The number of hydrogen-bond donors (Lipinski definition) is 2. The van der Waals surface area contributed by atoms with Crippen molar-refractivity contribution in [3.05, 3.63) is 100 Å². The van der Waals surface area contributed by atoms with Crippen LogP contribution in [0.3, 0.4) is 0 Å². The Labute approximate surface area is 185 Å². The zero-order valence-corrected chi connectivity index (χ0v) is 17.7. The van der Waals surface area contributed by atoms with Gasteiger partial charge in [-0.1, -0.05) is 59.2 Å². The van der Waals surface area contributed by atoms with E-state index in [1.807, 2.05) is 55.5 Å². The second-order valence-electron chi connectivity index (χ2n) is 7.07. The third kappa shape index (κ3) is 5.17. The Morgan fingerprint density at radius 1 is 1.00 bits per heavy atom. The van der Waals surface area contributed by atoms with Gasteiger partial charge in [0.1, 0.15) is 0 Å². The molecule has 0 aliphatic carbocycles. The Hall–Kier alpha value is -3.48. The highest BCUT2D eigenvalue weighted by atomic mass is 35.5. The molecule has 2 N–H and O–H groups in total. The van der Waals surface area contributed by atoms with E-state index < -0.39 is 0 Å². The van der Waals surface area contributed by atoms with E-state index in [2.05, 4.69) is 20.8 Å². The smallest absolute Gasteiger partial charge is 0.258 e. The first-order valence-corrected chi connectivity index (χ1v) is 10.2. The number of nitrogens with zero attached hydrogens (tertiary/aromatic N) is 2. The molecule has 0 aliphatic rings. The number of anilines is 1. The van der Waals surface area contributed by atoms with E-state index in [0.717, 1.165) is 16.7 Å². The van der Waals surface area contributed by atoms with Crippen LogP contribution in [0.1, 0.15) is 27.3 Å². The summed E-state index contributed by atoms with van der Waals surface area (Å²) in [5.74, 6) is 0.854. The van der Waals surface area contributed by atoms with E-state index >= 15 is 0 Å². The first-order chi connectivity index (χ1) is 15.1. The van der Waals surface area contributed by atoms with E-state index in [9.17, 15) is 4.79 Å². The van der Waals surface area contributed by atoms with Gasteiger partial charge in [0.15, 0.2) is 5.82 Å². The zero-order chi connectivity index (χ0) is 21.6. The second-order valence-corrected chi connectivity index (χ2v) is 7.48. The van der Waals surface area contributed by atoms with Crippen molar-refractivity contribution in [1.82, 2.24) is 15.5 Å². The Morgan fingerprint density at radius 3 is 2.65 bits per heavy atom. The van der Waals surface area contributed by atoms with Crippen molar-refractivity contribution in [3.63, 3.8) is 0 Å². The van der Waals surface area contributed by atoms with Gasteiger partial charge in [0.05, 0.1) is 17.1 Å². The molecule has 1 amide bonds. The van der Waals surface area contributed by atoms with Gasteiger partial charge in [-0.25, -0.2) is 0 Å². The van der Waals surface area contributed by atoms with Crippen LogP contribution in [-0.4, -0.2) is 16.0 Å². The number of halogens is 1. The maximum absolute atomic E-state index is 12.5. The maximum atomic E-state index is 12.5. The predicted octanol–water partition coefficient (Wildman–Crippen LogP) is 5.24. The summed E-state index contributed by atoms with van der Waals surface area (Å²) in [5.41, 5.74) is 4.17. The average Bonchev–Trinajstić information content (AvgIpc) is 3.23. The number of benzene rings is 3. The average molecular weight is 433 g/mol. The van der Waals surface area contributed by atoms with Crippen LogP contribution < -0.4 is 10.6 Å². The van der Waals surface area contributed by atoms with Gasteiger partial charge >= 0.3 is 0 Å². The van der Waals surface area contributed by atoms with Gasteiger partial charge in [0.2, 0.25) is 0 Å². The standard InChI is InChI=1S/C24H21ClN4O2/c1-16-7-2-3-10-19(16)24-28-22(29-31-24)15-26-14-17-8-6-9-18(13-17)27-23(30)20-11-4-5-12-21(20)25/h2-13,26H,14-15H2,1H3,(H,27,30). The van der Waals surface area contributed by atoms with Crippen LogP contribution in [-0.2, 0) is 13.1 Å². The lowest BCUT2D eigenvalue weighted by molar-refractivity contribution is 0.102. The van der Waals surface area contributed by atoms with Crippen molar-refractivity contribution in [1.29, 1.82) is 0 Å². The van der Waals surface area contributed by atoms with Crippen molar-refractivity contribution in [3.8, 4) is 11.5 Å². The van der Waals surface area contributed by atoms with Crippen LogP contribution in [0.2, 0.25) is 5.02 Å². The topological polar surface area (TPSA) is 80.0 Å². The highest BCUT2D eigenvalue weighted by molar-refractivity contribution is 6.34. The van der Waals surface area contributed by atoms with Crippen molar-refractivity contribution in [2.45, 2.75) is 20.0 Å². The minimum absolute atomic E-state index is 0.244.